The minimum Gasteiger partial charge on any atom is -0.493 e. The minimum absolute atomic E-state index is 0.253. The van der Waals surface area contributed by atoms with E-state index in [-0.39, 0.29) is 5.91 Å². The van der Waals surface area contributed by atoms with Gasteiger partial charge in [0.15, 0.2) is 23.1 Å². The maximum Gasteiger partial charge on any atom is 0.222 e. The van der Waals surface area contributed by atoms with Gasteiger partial charge in [-0.05, 0) is 43.2 Å². The highest BCUT2D eigenvalue weighted by molar-refractivity contribution is 5.78. The first-order valence-corrected chi connectivity index (χ1v) is 10.3. The second-order valence-corrected chi connectivity index (χ2v) is 7.24. The van der Waals surface area contributed by atoms with E-state index in [4.69, 9.17) is 9.47 Å². The third kappa shape index (κ3) is 4.60. The highest BCUT2D eigenvalue weighted by Crippen LogP contribution is 2.32. The number of aromatic nitrogens is 4. The molecule has 0 spiro atoms. The SMILES string of the molecule is COc1ccc(-c2n[nH]c(-c3cccnc3NCCCN3CCCC3=O)n2)cc1OC. The number of pyridine rings is 1. The summed E-state index contributed by atoms with van der Waals surface area (Å²) < 4.78 is 10.7. The molecule has 162 valence electrons. The van der Waals surface area contributed by atoms with Crippen LogP contribution in [0.3, 0.4) is 0 Å². The third-order valence-electron chi connectivity index (χ3n) is 5.26. The Morgan fingerprint density at radius 1 is 1.19 bits per heavy atom. The molecule has 0 bridgehead atoms. The van der Waals surface area contributed by atoms with Gasteiger partial charge in [-0.15, -0.1) is 0 Å². The van der Waals surface area contributed by atoms with E-state index < -0.39 is 0 Å². The summed E-state index contributed by atoms with van der Waals surface area (Å²) in [6.45, 7) is 2.34. The molecule has 2 N–H and O–H groups in total. The van der Waals surface area contributed by atoms with Gasteiger partial charge in [0, 0.05) is 37.8 Å². The van der Waals surface area contributed by atoms with E-state index in [9.17, 15) is 4.79 Å². The maximum absolute atomic E-state index is 11.7. The van der Waals surface area contributed by atoms with Gasteiger partial charge < -0.3 is 19.7 Å². The summed E-state index contributed by atoms with van der Waals surface area (Å²) in [5, 5.41) is 10.7. The first-order valence-electron chi connectivity index (χ1n) is 10.3. The van der Waals surface area contributed by atoms with Crippen molar-refractivity contribution in [3.8, 4) is 34.3 Å². The number of benzene rings is 1. The molecule has 0 aliphatic carbocycles. The highest BCUT2D eigenvalue weighted by atomic mass is 16.5. The van der Waals surface area contributed by atoms with Gasteiger partial charge in [0.25, 0.3) is 0 Å². The van der Waals surface area contributed by atoms with E-state index in [0.29, 0.717) is 36.1 Å². The van der Waals surface area contributed by atoms with Crippen molar-refractivity contribution in [1.29, 1.82) is 0 Å². The van der Waals surface area contributed by atoms with Gasteiger partial charge >= 0.3 is 0 Å². The summed E-state index contributed by atoms with van der Waals surface area (Å²) in [6.07, 6.45) is 4.23. The molecule has 2 aromatic heterocycles. The number of ether oxygens (including phenoxy) is 2. The molecule has 0 unspecified atom stereocenters. The second-order valence-electron chi connectivity index (χ2n) is 7.24. The quantitative estimate of drug-likeness (QED) is 0.511. The average Bonchev–Trinajstić information content (AvgIpc) is 3.46. The Labute approximate surface area is 180 Å². The van der Waals surface area contributed by atoms with Crippen molar-refractivity contribution in [1.82, 2.24) is 25.1 Å². The first kappa shape index (κ1) is 20.6. The molecule has 9 heteroatoms. The van der Waals surface area contributed by atoms with E-state index >= 15 is 0 Å². The number of amides is 1. The van der Waals surface area contributed by atoms with Crippen LogP contribution < -0.4 is 14.8 Å². The Bertz CT molecular complexity index is 1050. The lowest BCUT2D eigenvalue weighted by atomic mass is 10.2. The van der Waals surface area contributed by atoms with Crippen molar-refractivity contribution < 1.29 is 14.3 Å². The fourth-order valence-electron chi connectivity index (χ4n) is 3.64. The lowest BCUT2D eigenvalue weighted by molar-refractivity contribution is -0.127. The normalized spacial score (nSPS) is 13.5. The van der Waals surface area contributed by atoms with Crippen LogP contribution in [0.25, 0.3) is 22.8 Å². The molecule has 31 heavy (non-hydrogen) atoms. The molecule has 0 radical (unpaired) electrons. The summed E-state index contributed by atoms with van der Waals surface area (Å²) in [5.74, 6) is 3.42. The standard InChI is InChI=1S/C22H26N6O3/c1-30-17-9-8-15(14-18(17)31-2)20-25-22(27-26-20)16-6-3-10-23-21(16)24-11-5-13-28-12-4-7-19(28)29/h3,6,8-10,14H,4-5,7,11-13H2,1-2H3,(H,23,24)(H,25,26,27). The number of rotatable bonds is 9. The number of H-pyrrole nitrogens is 1. The summed E-state index contributed by atoms with van der Waals surface area (Å²) in [5.41, 5.74) is 1.65. The van der Waals surface area contributed by atoms with Crippen LogP contribution >= 0.6 is 0 Å². The van der Waals surface area contributed by atoms with Crippen LogP contribution in [0, 0.1) is 0 Å². The first-order chi connectivity index (χ1) is 15.2. The van der Waals surface area contributed by atoms with E-state index in [2.05, 4.69) is 25.5 Å². The summed E-state index contributed by atoms with van der Waals surface area (Å²) in [7, 11) is 3.20. The number of hydrogen-bond donors (Lipinski definition) is 2. The van der Waals surface area contributed by atoms with Gasteiger partial charge in [0.2, 0.25) is 5.91 Å². The van der Waals surface area contributed by atoms with Crippen LogP contribution in [-0.2, 0) is 4.79 Å². The zero-order valence-corrected chi connectivity index (χ0v) is 17.7. The molecule has 1 aliphatic rings. The van der Waals surface area contributed by atoms with Gasteiger partial charge in [-0.25, -0.2) is 9.97 Å². The molecule has 1 saturated heterocycles. The average molecular weight is 422 g/mol. The molecule has 9 nitrogen and oxygen atoms in total. The van der Waals surface area contributed by atoms with Gasteiger partial charge in [-0.3, -0.25) is 9.89 Å². The number of likely N-dealkylation sites (tertiary alicyclic amines) is 1. The largest absolute Gasteiger partial charge is 0.493 e. The van der Waals surface area contributed by atoms with Crippen molar-refractivity contribution in [2.24, 2.45) is 0 Å². The lowest BCUT2D eigenvalue weighted by Crippen LogP contribution is -2.27. The van der Waals surface area contributed by atoms with Gasteiger partial charge in [0.1, 0.15) is 5.82 Å². The van der Waals surface area contributed by atoms with E-state index in [1.807, 2.05) is 35.2 Å². The monoisotopic (exact) mass is 422 g/mol. The molecule has 0 atom stereocenters. The molecule has 4 rings (SSSR count). The Kier molecular flexibility index (Phi) is 6.30. The van der Waals surface area contributed by atoms with Crippen LogP contribution in [0.5, 0.6) is 11.5 Å². The van der Waals surface area contributed by atoms with E-state index in [1.165, 1.54) is 0 Å². The Hall–Kier alpha value is -3.62. The van der Waals surface area contributed by atoms with Crippen molar-refractivity contribution in [2.75, 3.05) is 39.2 Å². The number of nitrogens with one attached hydrogen (secondary N) is 2. The summed E-state index contributed by atoms with van der Waals surface area (Å²) in [4.78, 5) is 22.8. The fourth-order valence-corrected chi connectivity index (χ4v) is 3.64. The minimum atomic E-state index is 0.253. The number of carbonyl (C=O) groups is 1. The third-order valence-corrected chi connectivity index (χ3v) is 5.26. The molecule has 1 amide bonds. The van der Waals surface area contributed by atoms with Crippen LogP contribution in [0.4, 0.5) is 5.82 Å². The highest BCUT2D eigenvalue weighted by Gasteiger charge is 2.19. The topological polar surface area (TPSA) is 105 Å². The molecule has 3 aromatic rings. The molecule has 1 aliphatic heterocycles. The van der Waals surface area contributed by atoms with Crippen molar-refractivity contribution in [3.05, 3.63) is 36.5 Å². The number of nitrogens with zero attached hydrogens (tertiary/aromatic N) is 4. The molecular weight excluding hydrogens is 396 g/mol. The zero-order chi connectivity index (χ0) is 21.6. The fraction of sp³-hybridized carbons (Fsp3) is 0.364. The lowest BCUT2D eigenvalue weighted by Gasteiger charge is -2.15. The van der Waals surface area contributed by atoms with Crippen LogP contribution in [0.15, 0.2) is 36.5 Å². The van der Waals surface area contributed by atoms with E-state index in [1.54, 1.807) is 20.4 Å². The number of anilines is 1. The molecule has 0 saturated carbocycles. The zero-order valence-electron chi connectivity index (χ0n) is 17.7. The van der Waals surface area contributed by atoms with Gasteiger partial charge in [-0.2, -0.15) is 5.10 Å². The number of hydrogen-bond acceptors (Lipinski definition) is 7. The molecular formula is C22H26N6O3. The predicted molar refractivity (Wildman–Crippen MR) is 117 cm³/mol. The Morgan fingerprint density at radius 3 is 2.84 bits per heavy atom. The maximum atomic E-state index is 11.7. The predicted octanol–water partition coefficient (Wildman–Crippen LogP) is 2.98. The Balaban J connectivity index is 1.46. The second kappa shape index (κ2) is 9.46. The summed E-state index contributed by atoms with van der Waals surface area (Å²) >= 11 is 0. The van der Waals surface area contributed by atoms with Crippen molar-refractivity contribution in [3.63, 3.8) is 0 Å². The van der Waals surface area contributed by atoms with Crippen molar-refractivity contribution >= 4 is 11.7 Å². The molecule has 1 aromatic carbocycles. The number of aromatic amines is 1. The van der Waals surface area contributed by atoms with E-state index in [0.717, 1.165) is 42.9 Å². The van der Waals surface area contributed by atoms with Crippen LogP contribution in [-0.4, -0.2) is 64.8 Å². The Morgan fingerprint density at radius 2 is 2.06 bits per heavy atom. The van der Waals surface area contributed by atoms with Gasteiger partial charge in [-0.1, -0.05) is 0 Å². The smallest absolute Gasteiger partial charge is 0.222 e. The van der Waals surface area contributed by atoms with Gasteiger partial charge in [0.05, 0.1) is 19.8 Å². The summed E-state index contributed by atoms with van der Waals surface area (Å²) in [6, 6.07) is 9.36. The number of methoxy groups -OCH3 is 2. The van der Waals surface area contributed by atoms with Crippen LogP contribution in [0.1, 0.15) is 19.3 Å². The molecule has 1 fully saturated rings. The molecule has 3 heterocycles. The van der Waals surface area contributed by atoms with Crippen LogP contribution in [0.2, 0.25) is 0 Å². The number of carbonyl (C=O) groups excluding carboxylic acids is 1. The van der Waals surface area contributed by atoms with Crippen molar-refractivity contribution in [2.45, 2.75) is 19.3 Å².